The molecule has 0 bridgehead atoms. The molecule has 0 aliphatic carbocycles. The number of fused-ring (bicyclic) bond motifs is 1. The molecule has 0 aliphatic rings. The van der Waals surface area contributed by atoms with Crippen LogP contribution in [0.1, 0.15) is 37.0 Å². The number of aliphatic imine (C=N–C) groups is 1. The highest BCUT2D eigenvalue weighted by Gasteiger charge is 2.11. The van der Waals surface area contributed by atoms with Gasteiger partial charge in [0.1, 0.15) is 5.52 Å². The summed E-state index contributed by atoms with van der Waals surface area (Å²) < 4.78 is 6.71. The van der Waals surface area contributed by atoms with Gasteiger partial charge in [0.15, 0.2) is 0 Å². The molecule has 0 fully saturated rings. The van der Waals surface area contributed by atoms with Crippen LogP contribution in [0.5, 0.6) is 0 Å². The monoisotopic (exact) mass is 365 g/mol. The van der Waals surface area contributed by atoms with E-state index in [2.05, 4.69) is 27.5 Å². The van der Waals surface area contributed by atoms with Crippen LogP contribution in [0, 0.1) is 0 Å². The number of hydrogen-bond donors (Lipinski definition) is 1. The van der Waals surface area contributed by atoms with Crippen LogP contribution in [0.25, 0.3) is 11.0 Å². The number of ether oxygens (including phenoxy) is 1. The summed E-state index contributed by atoms with van der Waals surface area (Å²) in [5.74, 6) is 0.268. The summed E-state index contributed by atoms with van der Waals surface area (Å²) in [7, 11) is 0. The minimum Gasteiger partial charge on any atom is -0.462 e. The number of carbonyl (C=O) groups is 1. The van der Waals surface area contributed by atoms with E-state index in [-0.39, 0.29) is 5.97 Å². The van der Waals surface area contributed by atoms with Crippen LogP contribution in [0.4, 0.5) is 5.69 Å². The summed E-state index contributed by atoms with van der Waals surface area (Å²) in [6, 6.07) is 14.8. The van der Waals surface area contributed by atoms with Gasteiger partial charge in [-0.3, -0.25) is 4.99 Å². The Labute approximate surface area is 158 Å². The van der Waals surface area contributed by atoms with Crippen molar-refractivity contribution in [1.29, 1.82) is 0 Å². The van der Waals surface area contributed by atoms with Gasteiger partial charge in [-0.05, 0) is 49.7 Å². The van der Waals surface area contributed by atoms with Crippen LogP contribution >= 0.6 is 0 Å². The zero-order chi connectivity index (χ0) is 19.1. The first-order valence-corrected chi connectivity index (χ1v) is 9.12. The summed E-state index contributed by atoms with van der Waals surface area (Å²) in [5, 5.41) is 11.7. The Balaban J connectivity index is 1.86. The maximum absolute atomic E-state index is 11.8. The molecule has 0 unspecified atom stereocenters. The molecule has 1 N–H and O–H groups in total. The molecule has 27 heavy (non-hydrogen) atoms. The van der Waals surface area contributed by atoms with Crippen LogP contribution in [-0.4, -0.2) is 40.1 Å². The number of carbonyl (C=O) groups excluding carboxylic acids is 1. The first kappa shape index (κ1) is 18.6. The lowest BCUT2D eigenvalue weighted by Crippen LogP contribution is -2.23. The second kappa shape index (κ2) is 8.93. The molecule has 7 heteroatoms. The zero-order valence-corrected chi connectivity index (χ0v) is 15.6. The number of unbranched alkanes of at least 4 members (excludes halogenated alkanes) is 1. The predicted octanol–water partition coefficient (Wildman–Crippen LogP) is 3.72. The Hall–Kier alpha value is -3.22. The molecular weight excluding hydrogens is 342 g/mol. The largest absolute Gasteiger partial charge is 0.462 e. The van der Waals surface area contributed by atoms with Gasteiger partial charge in [0, 0.05) is 12.2 Å². The Morgan fingerprint density at radius 2 is 1.93 bits per heavy atom. The normalized spacial score (nSPS) is 11.6. The molecule has 7 nitrogen and oxygen atoms in total. The van der Waals surface area contributed by atoms with E-state index < -0.39 is 0 Å². The molecule has 0 atom stereocenters. The van der Waals surface area contributed by atoms with Crippen LogP contribution in [0.2, 0.25) is 0 Å². The van der Waals surface area contributed by atoms with Crippen molar-refractivity contribution in [2.45, 2.75) is 26.7 Å². The van der Waals surface area contributed by atoms with Crippen molar-refractivity contribution in [2.24, 2.45) is 4.99 Å². The highest BCUT2D eigenvalue weighted by Crippen LogP contribution is 2.14. The fraction of sp³-hybridized carbons (Fsp3) is 0.300. The lowest BCUT2D eigenvalue weighted by Gasteiger charge is -2.11. The third-order valence-electron chi connectivity index (χ3n) is 3.98. The Bertz CT molecular complexity index is 931. The summed E-state index contributed by atoms with van der Waals surface area (Å²) in [6.07, 6.45) is 2.04. The quantitative estimate of drug-likeness (QED) is 0.312. The van der Waals surface area contributed by atoms with Gasteiger partial charge < -0.3 is 10.1 Å². The second-order valence-electron chi connectivity index (χ2n) is 5.97. The number of aromatic nitrogens is 3. The molecule has 0 saturated carbocycles. The lowest BCUT2D eigenvalue weighted by atomic mass is 10.2. The Morgan fingerprint density at radius 1 is 1.15 bits per heavy atom. The average Bonchev–Trinajstić information content (AvgIpc) is 3.12. The minimum atomic E-state index is -0.330. The van der Waals surface area contributed by atoms with Crippen LogP contribution in [0.3, 0.4) is 0 Å². The molecule has 0 aliphatic heterocycles. The van der Waals surface area contributed by atoms with Gasteiger partial charge in [-0.2, -0.15) is 4.68 Å². The molecule has 2 aromatic carbocycles. The van der Waals surface area contributed by atoms with E-state index in [4.69, 9.17) is 4.74 Å². The second-order valence-corrected chi connectivity index (χ2v) is 5.97. The van der Waals surface area contributed by atoms with Crippen LogP contribution in [0.15, 0.2) is 53.5 Å². The summed E-state index contributed by atoms with van der Waals surface area (Å²) >= 11 is 0. The number of nitrogens with one attached hydrogen (secondary N) is 1. The molecule has 1 aromatic heterocycles. The fourth-order valence-corrected chi connectivity index (χ4v) is 2.56. The van der Waals surface area contributed by atoms with Crippen LogP contribution < -0.4 is 5.32 Å². The predicted molar refractivity (Wildman–Crippen MR) is 106 cm³/mol. The van der Waals surface area contributed by atoms with E-state index in [1.165, 1.54) is 0 Å². The van der Waals surface area contributed by atoms with Crippen molar-refractivity contribution in [3.8, 4) is 0 Å². The van der Waals surface area contributed by atoms with Crippen molar-refractivity contribution in [3.05, 3.63) is 54.1 Å². The van der Waals surface area contributed by atoms with Gasteiger partial charge in [-0.25, -0.2) is 4.79 Å². The maximum atomic E-state index is 11.8. The lowest BCUT2D eigenvalue weighted by molar-refractivity contribution is 0.0526. The molecule has 140 valence electrons. The average molecular weight is 365 g/mol. The molecule has 3 aromatic rings. The summed E-state index contributed by atoms with van der Waals surface area (Å²) in [5.41, 5.74) is 3.00. The zero-order valence-electron chi connectivity index (χ0n) is 15.6. The topological polar surface area (TPSA) is 81.4 Å². The van der Waals surface area contributed by atoms with E-state index in [1.807, 2.05) is 36.4 Å². The maximum Gasteiger partial charge on any atom is 0.338 e. The molecule has 0 radical (unpaired) electrons. The number of anilines is 1. The highest BCUT2D eigenvalue weighted by molar-refractivity contribution is 6.00. The first-order chi connectivity index (χ1) is 13.2. The van der Waals surface area contributed by atoms with Crippen LogP contribution in [-0.2, 0) is 4.74 Å². The van der Waals surface area contributed by atoms with Crippen molar-refractivity contribution in [2.75, 3.05) is 18.5 Å². The van der Waals surface area contributed by atoms with Gasteiger partial charge >= 0.3 is 5.97 Å². The standard InChI is InChI=1S/C20H23N5O2/c1-3-5-14-21-20(25-18-9-7-6-8-17(18)23-24-25)22-16-12-10-15(11-13-16)19(26)27-4-2/h6-13H,3-5,14H2,1-2H3,(H,21,22). The highest BCUT2D eigenvalue weighted by atomic mass is 16.5. The Kier molecular flexibility index (Phi) is 6.14. The number of benzene rings is 2. The molecule has 0 amide bonds. The van der Waals surface area contributed by atoms with E-state index in [0.717, 1.165) is 29.6 Å². The summed E-state index contributed by atoms with van der Waals surface area (Å²) in [4.78, 5) is 16.5. The number of hydrogen-bond acceptors (Lipinski definition) is 5. The van der Waals surface area contributed by atoms with Crippen molar-refractivity contribution in [1.82, 2.24) is 15.0 Å². The Morgan fingerprint density at radius 3 is 2.67 bits per heavy atom. The smallest absolute Gasteiger partial charge is 0.338 e. The van der Waals surface area contributed by atoms with Gasteiger partial charge in [-0.1, -0.05) is 30.7 Å². The van der Waals surface area contributed by atoms with E-state index >= 15 is 0 Å². The number of nitrogens with zero attached hydrogens (tertiary/aromatic N) is 4. The third kappa shape index (κ3) is 4.49. The van der Waals surface area contributed by atoms with E-state index in [9.17, 15) is 4.79 Å². The number of rotatable bonds is 6. The first-order valence-electron chi connectivity index (χ1n) is 9.12. The molecular formula is C20H23N5O2. The van der Waals surface area contributed by atoms with Crippen molar-refractivity contribution in [3.63, 3.8) is 0 Å². The van der Waals surface area contributed by atoms with Gasteiger partial charge in [-0.15, -0.1) is 5.10 Å². The van der Waals surface area contributed by atoms with Gasteiger partial charge in [0.2, 0.25) is 5.96 Å². The molecule has 3 rings (SSSR count). The number of para-hydroxylation sites is 1. The summed E-state index contributed by atoms with van der Waals surface area (Å²) in [6.45, 7) is 4.96. The number of esters is 1. The van der Waals surface area contributed by atoms with E-state index in [0.29, 0.717) is 24.7 Å². The van der Waals surface area contributed by atoms with Crippen molar-refractivity contribution < 1.29 is 9.53 Å². The van der Waals surface area contributed by atoms with Gasteiger partial charge in [0.25, 0.3) is 0 Å². The third-order valence-corrected chi connectivity index (χ3v) is 3.98. The molecule has 0 spiro atoms. The molecule has 0 saturated heterocycles. The SMILES string of the molecule is CCCCN=C(Nc1ccc(C(=O)OCC)cc1)n1nnc2ccccc21. The van der Waals surface area contributed by atoms with Gasteiger partial charge in [0.05, 0.1) is 17.7 Å². The minimum absolute atomic E-state index is 0.330. The fourth-order valence-electron chi connectivity index (χ4n) is 2.56. The van der Waals surface area contributed by atoms with Crippen molar-refractivity contribution >= 4 is 28.6 Å². The van der Waals surface area contributed by atoms with E-state index in [1.54, 1.807) is 23.7 Å². The molecule has 1 heterocycles.